The van der Waals surface area contributed by atoms with Gasteiger partial charge in [0.15, 0.2) is 0 Å². The Balaban J connectivity index is 2.82. The third-order valence-corrected chi connectivity index (χ3v) is 4.99. The minimum Gasteiger partial charge on any atom is -0.352 e. The Kier molecular flexibility index (Phi) is 7.22. The Bertz CT molecular complexity index is 364. The van der Waals surface area contributed by atoms with Crippen molar-refractivity contribution < 1.29 is 4.79 Å². The van der Waals surface area contributed by atoms with E-state index in [1.165, 1.54) is 19.3 Å². The van der Waals surface area contributed by atoms with Gasteiger partial charge in [0, 0.05) is 6.04 Å². The molecule has 1 aliphatic carbocycles. The Labute approximate surface area is 130 Å². The van der Waals surface area contributed by atoms with Crippen LogP contribution in [0.25, 0.3) is 0 Å². The van der Waals surface area contributed by atoms with E-state index in [0.29, 0.717) is 24.7 Å². The zero-order chi connectivity index (χ0) is 15.9. The highest BCUT2D eigenvalue weighted by Crippen LogP contribution is 2.33. The van der Waals surface area contributed by atoms with Gasteiger partial charge in [-0.1, -0.05) is 53.4 Å². The monoisotopic (exact) mass is 292 g/mol. The lowest BCUT2D eigenvalue weighted by molar-refractivity contribution is -0.130. The fourth-order valence-corrected chi connectivity index (χ4v) is 3.81. The summed E-state index contributed by atoms with van der Waals surface area (Å²) in [7, 11) is 0. The molecule has 1 amide bonds. The zero-order valence-electron chi connectivity index (χ0n) is 14.2. The number of rotatable bonds is 7. The third-order valence-electron chi connectivity index (χ3n) is 4.99. The van der Waals surface area contributed by atoms with E-state index in [4.69, 9.17) is 0 Å². The standard InChI is InChI=1S/C18H32N2O/c1-5-11-18(13-19,12-6-2)17(21)20-16-10-8-7-9-15(16)14(3)4/h14-16H,5-12H2,1-4H3,(H,20,21). The predicted molar refractivity (Wildman–Crippen MR) is 86.6 cm³/mol. The van der Waals surface area contributed by atoms with Gasteiger partial charge in [-0.05, 0) is 37.5 Å². The average Bonchev–Trinajstić information content (AvgIpc) is 2.47. The lowest BCUT2D eigenvalue weighted by Crippen LogP contribution is -2.49. The van der Waals surface area contributed by atoms with Crippen LogP contribution in [0.2, 0.25) is 0 Å². The second kappa shape index (κ2) is 8.41. The number of nitrogens with zero attached hydrogens (tertiary/aromatic N) is 1. The number of nitriles is 1. The van der Waals surface area contributed by atoms with Crippen molar-refractivity contribution in [3.63, 3.8) is 0 Å². The van der Waals surface area contributed by atoms with Crippen molar-refractivity contribution in [2.75, 3.05) is 0 Å². The van der Waals surface area contributed by atoms with Crippen molar-refractivity contribution in [2.45, 2.75) is 85.1 Å². The number of hydrogen-bond acceptors (Lipinski definition) is 2. The highest BCUT2D eigenvalue weighted by atomic mass is 16.2. The second-order valence-corrected chi connectivity index (χ2v) is 6.97. The fourth-order valence-electron chi connectivity index (χ4n) is 3.81. The van der Waals surface area contributed by atoms with E-state index in [-0.39, 0.29) is 11.9 Å². The summed E-state index contributed by atoms with van der Waals surface area (Å²) in [6, 6.07) is 2.60. The van der Waals surface area contributed by atoms with Gasteiger partial charge in [0.05, 0.1) is 6.07 Å². The average molecular weight is 292 g/mol. The van der Waals surface area contributed by atoms with Gasteiger partial charge in [-0.3, -0.25) is 4.79 Å². The Hall–Kier alpha value is -1.04. The molecule has 1 saturated carbocycles. The third kappa shape index (κ3) is 4.46. The molecule has 3 heteroatoms. The minimum atomic E-state index is -0.817. The van der Waals surface area contributed by atoms with Crippen molar-refractivity contribution >= 4 is 5.91 Å². The second-order valence-electron chi connectivity index (χ2n) is 6.97. The molecule has 120 valence electrons. The van der Waals surface area contributed by atoms with Crippen molar-refractivity contribution in [3.8, 4) is 6.07 Å². The van der Waals surface area contributed by atoms with Crippen LogP contribution in [0.4, 0.5) is 0 Å². The highest BCUT2D eigenvalue weighted by molar-refractivity contribution is 5.85. The van der Waals surface area contributed by atoms with Gasteiger partial charge < -0.3 is 5.32 Å². The van der Waals surface area contributed by atoms with Crippen LogP contribution in [0.1, 0.15) is 79.1 Å². The molecule has 1 N–H and O–H groups in total. The first kappa shape index (κ1) is 18.0. The van der Waals surface area contributed by atoms with E-state index in [0.717, 1.165) is 19.3 Å². The van der Waals surface area contributed by atoms with E-state index in [1.54, 1.807) is 0 Å². The molecule has 1 fully saturated rings. The van der Waals surface area contributed by atoms with Gasteiger partial charge in [-0.15, -0.1) is 0 Å². The van der Waals surface area contributed by atoms with E-state index in [1.807, 2.05) is 13.8 Å². The van der Waals surface area contributed by atoms with Crippen LogP contribution in [-0.2, 0) is 4.79 Å². The summed E-state index contributed by atoms with van der Waals surface area (Å²) in [6.07, 6.45) is 7.80. The molecule has 0 bridgehead atoms. The van der Waals surface area contributed by atoms with E-state index in [2.05, 4.69) is 25.2 Å². The molecule has 1 aliphatic rings. The molecule has 0 heterocycles. The summed E-state index contributed by atoms with van der Waals surface area (Å²) in [5, 5.41) is 12.9. The maximum Gasteiger partial charge on any atom is 0.240 e. The maximum absolute atomic E-state index is 12.8. The number of amides is 1. The van der Waals surface area contributed by atoms with Gasteiger partial charge in [0.25, 0.3) is 0 Å². The number of carbonyl (C=O) groups is 1. The van der Waals surface area contributed by atoms with E-state index in [9.17, 15) is 10.1 Å². The van der Waals surface area contributed by atoms with E-state index >= 15 is 0 Å². The fraction of sp³-hybridized carbons (Fsp3) is 0.889. The summed E-state index contributed by atoms with van der Waals surface area (Å²) in [5.41, 5.74) is -0.817. The summed E-state index contributed by atoms with van der Waals surface area (Å²) in [4.78, 5) is 12.8. The molecule has 0 aromatic rings. The SMILES string of the molecule is CCCC(C#N)(CCC)C(=O)NC1CCCCC1C(C)C. The smallest absolute Gasteiger partial charge is 0.240 e. The molecule has 0 aliphatic heterocycles. The molecule has 0 radical (unpaired) electrons. The first-order valence-corrected chi connectivity index (χ1v) is 8.73. The molecule has 0 aromatic carbocycles. The van der Waals surface area contributed by atoms with Crippen LogP contribution in [-0.4, -0.2) is 11.9 Å². The molecule has 0 aromatic heterocycles. The summed E-state index contributed by atoms with van der Waals surface area (Å²) < 4.78 is 0. The number of nitrogens with one attached hydrogen (secondary N) is 1. The van der Waals surface area contributed by atoms with Crippen LogP contribution in [0.3, 0.4) is 0 Å². The van der Waals surface area contributed by atoms with Crippen molar-refractivity contribution in [1.29, 1.82) is 5.26 Å². The first-order chi connectivity index (χ1) is 10.0. The Morgan fingerprint density at radius 3 is 2.29 bits per heavy atom. The quantitative estimate of drug-likeness (QED) is 0.754. The van der Waals surface area contributed by atoms with Crippen LogP contribution in [0.15, 0.2) is 0 Å². The molecule has 2 atom stereocenters. The Morgan fingerprint density at radius 2 is 1.81 bits per heavy atom. The molecule has 1 rings (SSSR count). The largest absolute Gasteiger partial charge is 0.352 e. The number of hydrogen-bond donors (Lipinski definition) is 1. The molecule has 3 nitrogen and oxygen atoms in total. The Morgan fingerprint density at radius 1 is 1.24 bits per heavy atom. The lowest BCUT2D eigenvalue weighted by atomic mass is 9.75. The normalized spacial score (nSPS) is 22.9. The molecule has 2 unspecified atom stereocenters. The number of carbonyl (C=O) groups excluding carboxylic acids is 1. The van der Waals surface area contributed by atoms with Crippen LogP contribution in [0.5, 0.6) is 0 Å². The molecule has 0 saturated heterocycles. The van der Waals surface area contributed by atoms with Crippen LogP contribution >= 0.6 is 0 Å². The predicted octanol–water partition coefficient (Wildman–Crippen LogP) is 4.43. The first-order valence-electron chi connectivity index (χ1n) is 8.73. The topological polar surface area (TPSA) is 52.9 Å². The summed E-state index contributed by atoms with van der Waals surface area (Å²) in [5.74, 6) is 1.12. The van der Waals surface area contributed by atoms with Crippen LogP contribution in [0, 0.1) is 28.6 Å². The molecular weight excluding hydrogens is 260 g/mol. The van der Waals surface area contributed by atoms with Crippen LogP contribution < -0.4 is 5.32 Å². The highest BCUT2D eigenvalue weighted by Gasteiger charge is 2.39. The molecular formula is C18H32N2O. The summed E-state index contributed by atoms with van der Waals surface area (Å²) in [6.45, 7) is 8.58. The molecule has 21 heavy (non-hydrogen) atoms. The molecule has 0 spiro atoms. The van der Waals surface area contributed by atoms with E-state index < -0.39 is 5.41 Å². The van der Waals surface area contributed by atoms with Gasteiger partial charge in [0.1, 0.15) is 5.41 Å². The van der Waals surface area contributed by atoms with Gasteiger partial charge in [-0.2, -0.15) is 5.26 Å². The van der Waals surface area contributed by atoms with Gasteiger partial charge in [-0.25, -0.2) is 0 Å². The van der Waals surface area contributed by atoms with Crippen molar-refractivity contribution in [2.24, 2.45) is 17.3 Å². The minimum absolute atomic E-state index is 0.0220. The van der Waals surface area contributed by atoms with Gasteiger partial charge >= 0.3 is 0 Å². The lowest BCUT2D eigenvalue weighted by Gasteiger charge is -2.37. The maximum atomic E-state index is 12.8. The van der Waals surface area contributed by atoms with Crippen molar-refractivity contribution in [1.82, 2.24) is 5.32 Å². The van der Waals surface area contributed by atoms with Crippen molar-refractivity contribution in [3.05, 3.63) is 0 Å². The zero-order valence-corrected chi connectivity index (χ0v) is 14.2. The van der Waals surface area contributed by atoms with Gasteiger partial charge in [0.2, 0.25) is 5.91 Å². The summed E-state index contributed by atoms with van der Waals surface area (Å²) >= 11 is 0.